The van der Waals surface area contributed by atoms with Gasteiger partial charge in [0.25, 0.3) is 0 Å². The van der Waals surface area contributed by atoms with Gasteiger partial charge in [-0.1, -0.05) is 45.0 Å². The summed E-state index contributed by atoms with van der Waals surface area (Å²) in [5.74, 6) is 0.547. The molecule has 13 heavy (non-hydrogen) atoms. The molecule has 1 heteroatoms. The molecule has 0 aromatic heterocycles. The number of fused-ring (bicyclic) bond motifs is 1. The summed E-state index contributed by atoms with van der Waals surface area (Å²) >= 11 is 0. The normalized spacial score (nSPS) is 24.6. The fourth-order valence-corrected chi connectivity index (χ4v) is 1.83. The number of hydrogen-bond donors (Lipinski definition) is 1. The van der Waals surface area contributed by atoms with Gasteiger partial charge in [0.15, 0.2) is 0 Å². The molecule has 0 radical (unpaired) electrons. The summed E-state index contributed by atoms with van der Waals surface area (Å²) in [5.41, 5.74) is 8.81. The van der Waals surface area contributed by atoms with Crippen LogP contribution in [-0.4, -0.2) is 6.04 Å². The van der Waals surface area contributed by atoms with Crippen molar-refractivity contribution in [1.29, 1.82) is 0 Å². The predicted molar refractivity (Wildman–Crippen MR) is 57.9 cm³/mol. The molecule has 0 amide bonds. The van der Waals surface area contributed by atoms with Crippen LogP contribution in [0, 0.1) is 0 Å². The van der Waals surface area contributed by atoms with Crippen molar-refractivity contribution in [3.05, 3.63) is 35.4 Å². The summed E-state index contributed by atoms with van der Waals surface area (Å²) in [6, 6.07) is 8.88. The predicted octanol–water partition coefficient (Wildman–Crippen LogP) is 2.70. The number of nitrogens with two attached hydrogens (primary N) is 1. The highest BCUT2D eigenvalue weighted by Crippen LogP contribution is 2.30. The Morgan fingerprint density at radius 1 is 1.23 bits per heavy atom. The molecule has 0 saturated carbocycles. The maximum absolute atomic E-state index is 5.93. The lowest BCUT2D eigenvalue weighted by Crippen LogP contribution is -2.22. The molecular weight excluding hydrogens is 158 g/mol. The van der Waals surface area contributed by atoms with Crippen molar-refractivity contribution >= 4 is 0 Å². The summed E-state index contributed by atoms with van der Waals surface area (Å²) in [7, 11) is 0. The van der Waals surface area contributed by atoms with Crippen LogP contribution in [-0.2, 0) is 6.42 Å². The van der Waals surface area contributed by atoms with E-state index in [1.165, 1.54) is 11.1 Å². The highest BCUT2D eigenvalue weighted by Gasteiger charge is 2.24. The molecule has 0 fully saturated rings. The van der Waals surface area contributed by atoms with Gasteiger partial charge in [0.05, 0.1) is 0 Å². The minimum Gasteiger partial charge on any atom is -0.327 e. The topological polar surface area (TPSA) is 26.0 Å². The number of rotatable bonds is 0. The van der Waals surface area contributed by atoms with E-state index in [1.807, 2.05) is 13.8 Å². The molecule has 2 atom stereocenters. The van der Waals surface area contributed by atoms with Crippen LogP contribution in [0.15, 0.2) is 24.3 Å². The van der Waals surface area contributed by atoms with Crippen LogP contribution in [0.3, 0.4) is 0 Å². The van der Waals surface area contributed by atoms with Gasteiger partial charge in [0, 0.05) is 6.04 Å². The molecule has 1 aliphatic carbocycles. The molecule has 1 aromatic carbocycles. The van der Waals surface area contributed by atoms with Crippen molar-refractivity contribution < 1.29 is 0 Å². The van der Waals surface area contributed by atoms with E-state index < -0.39 is 0 Å². The van der Waals surface area contributed by atoms with Gasteiger partial charge >= 0.3 is 0 Å². The zero-order valence-electron chi connectivity index (χ0n) is 8.75. The van der Waals surface area contributed by atoms with Gasteiger partial charge in [0.2, 0.25) is 0 Å². The fraction of sp³-hybridized carbons (Fsp3) is 0.500. The van der Waals surface area contributed by atoms with E-state index in [1.54, 1.807) is 0 Å². The van der Waals surface area contributed by atoms with Crippen LogP contribution in [0.4, 0.5) is 0 Å². The zero-order chi connectivity index (χ0) is 9.84. The van der Waals surface area contributed by atoms with Crippen molar-refractivity contribution in [2.24, 2.45) is 5.73 Å². The summed E-state index contributed by atoms with van der Waals surface area (Å²) in [5, 5.41) is 0. The lowest BCUT2D eigenvalue weighted by atomic mass is 10.0. The van der Waals surface area contributed by atoms with E-state index >= 15 is 0 Å². The van der Waals surface area contributed by atoms with E-state index in [0.717, 1.165) is 6.42 Å². The molecular formula is C12H19N. The van der Waals surface area contributed by atoms with Crippen molar-refractivity contribution in [2.75, 3.05) is 0 Å². The van der Waals surface area contributed by atoms with Crippen molar-refractivity contribution in [3.63, 3.8) is 0 Å². The molecule has 2 N–H and O–H groups in total. The first-order valence-electron chi connectivity index (χ1n) is 5.12. The Bertz CT molecular complexity index is 268. The largest absolute Gasteiger partial charge is 0.327 e. The van der Waals surface area contributed by atoms with E-state index in [9.17, 15) is 0 Å². The smallest absolute Gasteiger partial charge is 0.0146 e. The first-order valence-corrected chi connectivity index (χ1v) is 5.12. The van der Waals surface area contributed by atoms with Crippen molar-refractivity contribution in [3.8, 4) is 0 Å². The van der Waals surface area contributed by atoms with Gasteiger partial charge < -0.3 is 5.73 Å². The molecule has 1 aliphatic rings. The average Bonchev–Trinajstić information content (AvgIpc) is 2.47. The molecule has 0 bridgehead atoms. The first kappa shape index (κ1) is 10.3. The highest BCUT2D eigenvalue weighted by atomic mass is 14.7. The number of benzene rings is 1. The van der Waals surface area contributed by atoms with E-state index in [-0.39, 0.29) is 0 Å². The van der Waals surface area contributed by atoms with Gasteiger partial charge in [-0.2, -0.15) is 0 Å². The van der Waals surface area contributed by atoms with Gasteiger partial charge in [-0.25, -0.2) is 0 Å². The van der Waals surface area contributed by atoms with Gasteiger partial charge in [-0.15, -0.1) is 0 Å². The Hall–Kier alpha value is -0.820. The SMILES string of the molecule is CC.CC1c2ccccc2CC1N. The molecule has 0 aliphatic heterocycles. The molecule has 0 heterocycles. The van der Waals surface area contributed by atoms with Crippen molar-refractivity contribution in [2.45, 2.75) is 39.2 Å². The molecule has 0 saturated heterocycles. The molecule has 0 spiro atoms. The second kappa shape index (κ2) is 4.43. The van der Waals surface area contributed by atoms with Gasteiger partial charge in [0.1, 0.15) is 0 Å². The molecule has 72 valence electrons. The Labute approximate surface area is 81.0 Å². The van der Waals surface area contributed by atoms with Crippen LogP contribution >= 0.6 is 0 Å². The minimum absolute atomic E-state index is 0.340. The average molecular weight is 177 g/mol. The van der Waals surface area contributed by atoms with Crippen molar-refractivity contribution in [1.82, 2.24) is 0 Å². The van der Waals surface area contributed by atoms with E-state index in [4.69, 9.17) is 5.73 Å². The number of hydrogen-bond acceptors (Lipinski definition) is 1. The Balaban J connectivity index is 0.000000396. The Morgan fingerprint density at radius 2 is 1.85 bits per heavy atom. The third-order valence-electron chi connectivity index (χ3n) is 2.64. The van der Waals surface area contributed by atoms with Crippen LogP contribution in [0.2, 0.25) is 0 Å². The Morgan fingerprint density at radius 3 is 2.46 bits per heavy atom. The third kappa shape index (κ3) is 1.92. The molecule has 2 rings (SSSR count). The quantitative estimate of drug-likeness (QED) is 0.648. The zero-order valence-corrected chi connectivity index (χ0v) is 8.75. The van der Waals surface area contributed by atoms with Crippen LogP contribution in [0.25, 0.3) is 0 Å². The standard InChI is InChI=1S/C10H13N.C2H6/c1-7-9-5-3-2-4-8(9)6-10(7)11;1-2/h2-5,7,10H,6,11H2,1H3;1-2H3. The molecule has 2 unspecified atom stereocenters. The monoisotopic (exact) mass is 177 g/mol. The Kier molecular flexibility index (Phi) is 3.49. The summed E-state index contributed by atoms with van der Waals surface area (Å²) in [6.45, 7) is 6.20. The van der Waals surface area contributed by atoms with E-state index in [2.05, 4.69) is 31.2 Å². The molecule has 1 nitrogen and oxygen atoms in total. The first-order chi connectivity index (χ1) is 6.29. The second-order valence-electron chi connectivity index (χ2n) is 3.36. The summed E-state index contributed by atoms with van der Waals surface area (Å²) in [6.07, 6.45) is 1.05. The van der Waals surface area contributed by atoms with Crippen LogP contribution in [0.1, 0.15) is 37.8 Å². The minimum atomic E-state index is 0.340. The van der Waals surface area contributed by atoms with Gasteiger partial charge in [-0.05, 0) is 23.5 Å². The lowest BCUT2D eigenvalue weighted by Gasteiger charge is -2.08. The second-order valence-corrected chi connectivity index (χ2v) is 3.36. The van der Waals surface area contributed by atoms with Gasteiger partial charge in [-0.3, -0.25) is 0 Å². The maximum Gasteiger partial charge on any atom is 0.0146 e. The van der Waals surface area contributed by atoms with Crippen LogP contribution in [0.5, 0.6) is 0 Å². The van der Waals surface area contributed by atoms with Crippen LogP contribution < -0.4 is 5.73 Å². The lowest BCUT2D eigenvalue weighted by molar-refractivity contribution is 0.615. The summed E-state index contributed by atoms with van der Waals surface area (Å²) < 4.78 is 0. The maximum atomic E-state index is 5.93. The fourth-order valence-electron chi connectivity index (χ4n) is 1.83. The highest BCUT2D eigenvalue weighted by molar-refractivity contribution is 5.36. The third-order valence-corrected chi connectivity index (χ3v) is 2.64. The van der Waals surface area contributed by atoms with E-state index in [0.29, 0.717) is 12.0 Å². The molecule has 1 aromatic rings. The summed E-state index contributed by atoms with van der Waals surface area (Å²) in [4.78, 5) is 0.